The Morgan fingerprint density at radius 2 is 0.644 bits per heavy atom. The average Bonchev–Trinajstić information content (AvgIpc) is 3.42. The Kier molecular flexibility index (Phi) is 37.1. The topological polar surface area (TPSA) is 280 Å². The fourth-order valence-corrected chi connectivity index (χ4v) is 11.6. The lowest BCUT2D eigenvalue weighted by molar-refractivity contribution is -0.149. The maximum Gasteiger partial charge on any atom is 0.329 e. The second-order valence-electron chi connectivity index (χ2n) is 21.7. The van der Waals surface area contributed by atoms with Crippen LogP contribution in [-0.4, -0.2) is 120 Å². The van der Waals surface area contributed by atoms with E-state index in [-0.39, 0.29) is 75.4 Å². The number of hydrogen-bond acceptors (Lipinski definition) is 16. The van der Waals surface area contributed by atoms with Gasteiger partial charge in [0.15, 0.2) is 0 Å². The first-order valence-electron chi connectivity index (χ1n) is 31.5. The predicted molar refractivity (Wildman–Crippen MR) is 348 cm³/mol. The summed E-state index contributed by atoms with van der Waals surface area (Å²) in [4.78, 5) is 139. The van der Waals surface area contributed by atoms with E-state index in [2.05, 4.69) is 45.7 Å². The van der Waals surface area contributed by atoms with Crippen molar-refractivity contribution in [2.45, 2.75) is 193 Å². The van der Waals surface area contributed by atoms with Crippen LogP contribution in [0.1, 0.15) is 153 Å². The van der Waals surface area contributed by atoms with Gasteiger partial charge in [-0.25, -0.2) is 9.59 Å². The third-order valence-corrected chi connectivity index (χ3v) is 16.6. The minimum atomic E-state index is -1.62. The Morgan fingerprint density at radius 3 is 0.978 bits per heavy atom. The summed E-state index contributed by atoms with van der Waals surface area (Å²) in [5, 5.41) is 16.2. The van der Waals surface area contributed by atoms with Crippen LogP contribution in [0.3, 0.4) is 0 Å². The predicted octanol–water partition coefficient (Wildman–Crippen LogP) is 8.66. The maximum absolute atomic E-state index is 14.4. The molecule has 6 atom stereocenters. The highest BCUT2D eigenvalue weighted by atomic mass is 33.1. The number of benzene rings is 4. The van der Waals surface area contributed by atoms with Crippen LogP contribution in [0.4, 0.5) is 0 Å². The highest BCUT2D eigenvalue weighted by molar-refractivity contribution is 8.76. The molecule has 0 saturated heterocycles. The molecule has 0 spiro atoms. The van der Waals surface area contributed by atoms with Gasteiger partial charge in [-0.05, 0) is 48.9 Å². The molecule has 0 aromatic heterocycles. The van der Waals surface area contributed by atoms with Crippen LogP contribution in [0.25, 0.3) is 0 Å². The van der Waals surface area contributed by atoms with Crippen LogP contribution in [0, 0.1) is 0 Å². The molecule has 0 bridgehead atoms. The lowest BCUT2D eigenvalue weighted by atomic mass is 10.0. The summed E-state index contributed by atoms with van der Waals surface area (Å²) < 4.78 is 21.8. The van der Waals surface area contributed by atoms with Crippen molar-refractivity contribution in [1.82, 2.24) is 31.9 Å². The lowest BCUT2D eigenvalue weighted by Gasteiger charge is -2.25. The zero-order chi connectivity index (χ0) is 65.1. The van der Waals surface area contributed by atoms with Crippen LogP contribution >= 0.6 is 21.6 Å². The second-order valence-corrected chi connectivity index (χ2v) is 24.2. The van der Waals surface area contributed by atoms with Gasteiger partial charge in [0.1, 0.15) is 49.5 Å². The van der Waals surface area contributed by atoms with Gasteiger partial charge in [0, 0.05) is 37.2 Å². The number of carbonyl (C=O) groups excluding carboxylic acids is 10. The van der Waals surface area contributed by atoms with Gasteiger partial charge in [0.05, 0.1) is 26.1 Å². The van der Waals surface area contributed by atoms with Gasteiger partial charge in [0.25, 0.3) is 0 Å². The first-order valence-corrected chi connectivity index (χ1v) is 34.0. The van der Waals surface area contributed by atoms with E-state index >= 15 is 0 Å². The molecule has 0 radical (unpaired) electrons. The van der Waals surface area contributed by atoms with E-state index in [9.17, 15) is 47.9 Å². The van der Waals surface area contributed by atoms with Gasteiger partial charge in [-0.2, -0.15) is 0 Å². The minimum Gasteiger partial charge on any atom is -0.464 e. The fourth-order valence-electron chi connectivity index (χ4n) is 9.27. The molecule has 6 N–H and O–H groups in total. The third-order valence-electron chi connectivity index (χ3n) is 14.2. The number of ether oxygens (including phenoxy) is 4. The van der Waals surface area contributed by atoms with E-state index in [0.717, 1.165) is 96.9 Å². The molecule has 0 aliphatic rings. The Hall–Kier alpha value is -7.72. The van der Waals surface area contributed by atoms with E-state index in [4.69, 9.17) is 18.9 Å². The molecule has 0 unspecified atom stereocenters. The van der Waals surface area contributed by atoms with Gasteiger partial charge in [-0.1, -0.05) is 221 Å². The monoisotopic (exact) mass is 1280 g/mol. The van der Waals surface area contributed by atoms with Crippen LogP contribution in [0.15, 0.2) is 121 Å². The number of carbonyl (C=O) groups is 10. The van der Waals surface area contributed by atoms with Gasteiger partial charge < -0.3 is 50.8 Å². The largest absolute Gasteiger partial charge is 0.464 e. The highest BCUT2D eigenvalue weighted by Crippen LogP contribution is 2.24. The van der Waals surface area contributed by atoms with Gasteiger partial charge in [-0.15, -0.1) is 0 Å². The molecule has 4 aromatic carbocycles. The second kappa shape index (κ2) is 44.7. The number of nitrogens with one attached hydrogen (secondary N) is 6. The normalized spacial score (nSPS) is 12.9. The van der Waals surface area contributed by atoms with Crippen molar-refractivity contribution in [2.75, 3.05) is 24.7 Å². The third kappa shape index (κ3) is 31.1. The molecule has 0 saturated carbocycles. The first kappa shape index (κ1) is 74.7. The van der Waals surface area contributed by atoms with Crippen LogP contribution in [-0.2, 0) is 92.9 Å². The van der Waals surface area contributed by atoms with Crippen molar-refractivity contribution in [3.8, 4) is 0 Å². The van der Waals surface area contributed by atoms with Crippen molar-refractivity contribution in [3.63, 3.8) is 0 Å². The molecule has 490 valence electrons. The van der Waals surface area contributed by atoms with Gasteiger partial charge in [-0.3, -0.25) is 38.4 Å². The molecule has 22 heteroatoms. The van der Waals surface area contributed by atoms with Crippen molar-refractivity contribution >= 4 is 80.9 Å². The van der Waals surface area contributed by atoms with E-state index in [1.807, 2.05) is 12.1 Å². The van der Waals surface area contributed by atoms with Crippen molar-refractivity contribution in [1.29, 1.82) is 0 Å². The smallest absolute Gasteiger partial charge is 0.329 e. The highest BCUT2D eigenvalue weighted by Gasteiger charge is 2.35. The summed E-state index contributed by atoms with van der Waals surface area (Å²) in [6.45, 7) is 6.95. The van der Waals surface area contributed by atoms with E-state index in [0.29, 0.717) is 24.0 Å². The summed E-state index contributed by atoms with van der Waals surface area (Å²) in [6.07, 6.45) is 10.5. The molecule has 0 heterocycles. The SMILES string of the molecule is CCCCCCCCC(=O)N[C@@H](Cc1ccccc1)C(=O)N[C@@H](CC(=O)OCc1ccccc1)C(=O)N[C@@H](CSSC[C@H](NC(=O)[C@H](CC(=O)OCc1ccccc1)NC(=O)[C@H](Cc1ccccc1)NC(=O)CCCCCCCC)C(=O)OCC)C(=O)OCC. The van der Waals surface area contributed by atoms with Crippen molar-refractivity contribution in [2.24, 2.45) is 0 Å². The molecule has 0 aliphatic carbocycles. The van der Waals surface area contributed by atoms with Gasteiger partial charge >= 0.3 is 23.9 Å². The summed E-state index contributed by atoms with van der Waals surface area (Å²) in [6, 6.07) is 27.2. The molecule has 90 heavy (non-hydrogen) atoms. The van der Waals surface area contributed by atoms with E-state index < -0.39 is 96.6 Å². The van der Waals surface area contributed by atoms with Crippen LogP contribution in [0.2, 0.25) is 0 Å². The Labute approximate surface area is 538 Å². The number of rotatable bonds is 45. The van der Waals surface area contributed by atoms with E-state index in [1.165, 1.54) is 0 Å². The fraction of sp³-hybridized carbons (Fsp3) is 0.500. The van der Waals surface area contributed by atoms with Crippen molar-refractivity contribution in [3.05, 3.63) is 144 Å². The zero-order valence-corrected chi connectivity index (χ0v) is 54.1. The molecular weight excluding hydrogens is 1190 g/mol. The number of unbranched alkanes of at least 4 members (excludes halogenated alkanes) is 10. The Morgan fingerprint density at radius 1 is 0.344 bits per heavy atom. The molecule has 0 aliphatic heterocycles. The molecular formula is C68H92N6O14S2. The summed E-state index contributed by atoms with van der Waals surface area (Å²) in [5.41, 5.74) is 2.78. The maximum atomic E-state index is 14.4. The summed E-state index contributed by atoms with van der Waals surface area (Å²) >= 11 is 0. The van der Waals surface area contributed by atoms with Crippen LogP contribution < -0.4 is 31.9 Å². The number of esters is 4. The summed E-state index contributed by atoms with van der Waals surface area (Å²) in [7, 11) is 2.01. The molecule has 4 rings (SSSR count). The number of hydrogen-bond donors (Lipinski definition) is 6. The lowest BCUT2D eigenvalue weighted by Crippen LogP contribution is -2.57. The number of amides is 6. The summed E-state index contributed by atoms with van der Waals surface area (Å²) in [5.74, 6) is -7.98. The minimum absolute atomic E-state index is 0.0547. The first-order chi connectivity index (χ1) is 43.6. The standard InChI is InChI=1S/C68H92N6O14S2/c1-5-9-11-13-15-29-39-59(75)69-53(41-49-31-21-17-22-32-49)63(79)71-55(43-61(77)87-45-51-35-25-19-26-36-51)65(81)73-57(67(83)85-7-3)47-89-90-48-58(68(84)86-8-4)74-66(82)56(44-62(78)88-46-52-37-27-20-28-38-52)72-64(80)54(42-50-33-23-18-24-34-50)70-60(76)40-30-16-14-12-10-6-2/h17-28,31-38,53-58H,5-16,29-30,39-48H2,1-4H3,(H,69,75)(H,70,76)(H,71,79)(H,72,80)(H,73,81)(H,74,82)/t53-,54-,55-,56-,57-,58-/m0/s1. The molecule has 20 nitrogen and oxygen atoms in total. The average molecular weight is 1280 g/mol. The van der Waals surface area contributed by atoms with Crippen molar-refractivity contribution < 1.29 is 66.9 Å². The Bertz CT molecular complexity index is 2610. The van der Waals surface area contributed by atoms with Crippen LogP contribution in [0.5, 0.6) is 0 Å². The Balaban J connectivity index is 1.54. The molecule has 6 amide bonds. The van der Waals surface area contributed by atoms with E-state index in [1.54, 1.807) is 123 Å². The zero-order valence-electron chi connectivity index (χ0n) is 52.5. The molecule has 0 fully saturated rings. The van der Waals surface area contributed by atoms with Gasteiger partial charge in [0.2, 0.25) is 35.4 Å². The quantitative estimate of drug-likeness (QED) is 0.0104. The molecule has 4 aromatic rings.